The van der Waals surface area contributed by atoms with Gasteiger partial charge in [-0.3, -0.25) is 0 Å². The molecule has 6 heteroatoms. The van der Waals surface area contributed by atoms with Gasteiger partial charge in [-0.1, -0.05) is 18.2 Å². The Morgan fingerprint density at radius 1 is 1.32 bits per heavy atom. The molecule has 2 nitrogen and oxygen atoms in total. The van der Waals surface area contributed by atoms with Gasteiger partial charge in [-0.25, -0.2) is 8.78 Å². The average Bonchev–Trinajstić information content (AvgIpc) is 2.38. The first-order valence-electron chi connectivity index (χ1n) is 6.18. The lowest BCUT2D eigenvalue weighted by atomic mass is 9.95. The average molecular weight is 276 g/mol. The zero-order valence-electron chi connectivity index (χ0n) is 10.4. The summed E-state index contributed by atoms with van der Waals surface area (Å²) < 4.78 is 49.6. The second-order valence-electron chi connectivity index (χ2n) is 4.65. The highest BCUT2D eigenvalue weighted by Crippen LogP contribution is 2.22. The van der Waals surface area contributed by atoms with Crippen LogP contribution < -0.4 is 10.6 Å². The minimum absolute atomic E-state index is 0.186. The molecule has 2 rings (SSSR count). The Morgan fingerprint density at radius 3 is 2.84 bits per heavy atom. The molecule has 1 aromatic carbocycles. The standard InChI is InChI=1S/C13H16F4N2/c14-12(15)13(16,17)8-19-7-10-3-1-2-9-6-18-5-4-11(9)10/h1-3,12,18-19H,4-8H2. The monoisotopic (exact) mass is 276 g/mol. The fourth-order valence-corrected chi connectivity index (χ4v) is 2.22. The first kappa shape index (κ1) is 14.3. The number of fused-ring (bicyclic) bond motifs is 1. The van der Waals surface area contributed by atoms with E-state index in [0.717, 1.165) is 36.2 Å². The van der Waals surface area contributed by atoms with Crippen LogP contribution in [-0.4, -0.2) is 25.4 Å². The summed E-state index contributed by atoms with van der Waals surface area (Å²) in [5.41, 5.74) is 3.18. The highest BCUT2D eigenvalue weighted by atomic mass is 19.3. The summed E-state index contributed by atoms with van der Waals surface area (Å²) in [6, 6.07) is 5.69. The van der Waals surface area contributed by atoms with Gasteiger partial charge in [0.25, 0.3) is 0 Å². The van der Waals surface area contributed by atoms with Crippen molar-refractivity contribution in [2.24, 2.45) is 0 Å². The van der Waals surface area contributed by atoms with Crippen LogP contribution in [0.15, 0.2) is 18.2 Å². The second kappa shape index (κ2) is 5.88. The first-order valence-corrected chi connectivity index (χ1v) is 6.18. The van der Waals surface area contributed by atoms with Crippen molar-refractivity contribution in [1.29, 1.82) is 0 Å². The van der Waals surface area contributed by atoms with E-state index >= 15 is 0 Å². The molecule has 0 atom stereocenters. The number of benzene rings is 1. The van der Waals surface area contributed by atoms with Crippen molar-refractivity contribution in [3.05, 3.63) is 34.9 Å². The van der Waals surface area contributed by atoms with E-state index in [1.165, 1.54) is 0 Å². The van der Waals surface area contributed by atoms with Crippen LogP contribution in [0.5, 0.6) is 0 Å². The minimum Gasteiger partial charge on any atom is -0.312 e. The smallest absolute Gasteiger partial charge is 0.312 e. The molecule has 0 aromatic heterocycles. The number of alkyl halides is 4. The Hall–Kier alpha value is -1.14. The second-order valence-corrected chi connectivity index (χ2v) is 4.65. The molecule has 0 spiro atoms. The van der Waals surface area contributed by atoms with Gasteiger partial charge in [0.1, 0.15) is 0 Å². The van der Waals surface area contributed by atoms with Gasteiger partial charge >= 0.3 is 12.3 Å². The van der Waals surface area contributed by atoms with E-state index in [1.807, 2.05) is 18.2 Å². The number of halogens is 4. The summed E-state index contributed by atoms with van der Waals surface area (Å²) in [4.78, 5) is 0. The molecule has 106 valence electrons. The first-order chi connectivity index (χ1) is 9.00. The van der Waals surface area contributed by atoms with E-state index in [9.17, 15) is 17.6 Å². The van der Waals surface area contributed by atoms with E-state index < -0.39 is 18.9 Å². The molecule has 1 heterocycles. The van der Waals surface area contributed by atoms with Crippen molar-refractivity contribution in [3.8, 4) is 0 Å². The summed E-state index contributed by atoms with van der Waals surface area (Å²) in [6.07, 6.45) is -2.80. The molecule has 1 aliphatic rings. The van der Waals surface area contributed by atoms with Crippen LogP contribution in [0.3, 0.4) is 0 Å². The van der Waals surface area contributed by atoms with Crippen LogP contribution in [-0.2, 0) is 19.5 Å². The van der Waals surface area contributed by atoms with E-state index in [0.29, 0.717) is 0 Å². The van der Waals surface area contributed by atoms with Crippen molar-refractivity contribution in [2.75, 3.05) is 13.1 Å². The summed E-state index contributed by atoms with van der Waals surface area (Å²) >= 11 is 0. The molecule has 0 radical (unpaired) electrons. The van der Waals surface area contributed by atoms with Gasteiger partial charge < -0.3 is 10.6 Å². The van der Waals surface area contributed by atoms with Crippen LogP contribution in [0.4, 0.5) is 17.6 Å². The fourth-order valence-electron chi connectivity index (χ4n) is 2.22. The zero-order valence-corrected chi connectivity index (χ0v) is 10.4. The normalized spacial score (nSPS) is 15.6. The van der Waals surface area contributed by atoms with Crippen LogP contribution in [0.1, 0.15) is 16.7 Å². The lowest BCUT2D eigenvalue weighted by Crippen LogP contribution is -2.38. The van der Waals surface area contributed by atoms with Gasteiger partial charge in [-0.2, -0.15) is 8.78 Å². The van der Waals surface area contributed by atoms with Crippen molar-refractivity contribution in [1.82, 2.24) is 10.6 Å². The summed E-state index contributed by atoms with van der Waals surface area (Å²) in [6.45, 7) is 0.783. The number of nitrogens with one attached hydrogen (secondary N) is 2. The molecular formula is C13H16F4N2. The third-order valence-electron chi connectivity index (χ3n) is 3.23. The number of hydrogen-bond acceptors (Lipinski definition) is 2. The maximum absolute atomic E-state index is 12.8. The summed E-state index contributed by atoms with van der Waals surface area (Å²) in [5.74, 6) is -3.98. The molecule has 0 aliphatic carbocycles. The SMILES string of the molecule is FC(F)C(F)(F)CNCc1cccc2c1CCNC2. The van der Waals surface area contributed by atoms with Gasteiger partial charge in [-0.05, 0) is 29.7 Å². The quantitative estimate of drug-likeness (QED) is 0.807. The van der Waals surface area contributed by atoms with E-state index in [-0.39, 0.29) is 6.54 Å². The third-order valence-corrected chi connectivity index (χ3v) is 3.23. The zero-order chi connectivity index (χ0) is 13.9. The lowest BCUT2D eigenvalue weighted by Gasteiger charge is -2.21. The Morgan fingerprint density at radius 2 is 2.11 bits per heavy atom. The maximum atomic E-state index is 12.8. The van der Waals surface area contributed by atoms with Crippen LogP contribution in [0, 0.1) is 0 Å². The predicted molar refractivity (Wildman–Crippen MR) is 64.5 cm³/mol. The molecule has 19 heavy (non-hydrogen) atoms. The fraction of sp³-hybridized carbons (Fsp3) is 0.538. The van der Waals surface area contributed by atoms with Gasteiger partial charge in [0.05, 0.1) is 6.54 Å². The summed E-state index contributed by atoms with van der Waals surface area (Å²) in [5, 5.41) is 5.65. The van der Waals surface area contributed by atoms with Crippen LogP contribution in [0.2, 0.25) is 0 Å². The molecule has 0 fully saturated rings. The van der Waals surface area contributed by atoms with E-state index in [4.69, 9.17) is 0 Å². The van der Waals surface area contributed by atoms with Crippen molar-refractivity contribution in [2.45, 2.75) is 31.9 Å². The highest BCUT2D eigenvalue weighted by molar-refractivity contribution is 5.36. The topological polar surface area (TPSA) is 24.1 Å². The van der Waals surface area contributed by atoms with Crippen molar-refractivity contribution < 1.29 is 17.6 Å². The number of rotatable bonds is 5. The van der Waals surface area contributed by atoms with E-state index in [2.05, 4.69) is 10.6 Å². The van der Waals surface area contributed by atoms with Crippen LogP contribution in [0.25, 0.3) is 0 Å². The van der Waals surface area contributed by atoms with Gasteiger partial charge in [0.2, 0.25) is 0 Å². The number of hydrogen-bond donors (Lipinski definition) is 2. The predicted octanol–water partition coefficient (Wildman–Crippen LogP) is 2.32. The molecular weight excluding hydrogens is 260 g/mol. The molecule has 0 saturated heterocycles. The molecule has 2 N–H and O–H groups in total. The lowest BCUT2D eigenvalue weighted by molar-refractivity contribution is -0.125. The molecule has 0 unspecified atom stereocenters. The van der Waals surface area contributed by atoms with Crippen LogP contribution >= 0.6 is 0 Å². The molecule has 0 amide bonds. The molecule has 1 aromatic rings. The van der Waals surface area contributed by atoms with Gasteiger partial charge in [-0.15, -0.1) is 0 Å². The molecule has 0 saturated carbocycles. The Kier molecular flexibility index (Phi) is 4.42. The van der Waals surface area contributed by atoms with E-state index in [1.54, 1.807) is 0 Å². The molecule has 0 bridgehead atoms. The van der Waals surface area contributed by atoms with Gasteiger partial charge in [0.15, 0.2) is 0 Å². The Bertz CT molecular complexity index is 435. The van der Waals surface area contributed by atoms with Crippen molar-refractivity contribution in [3.63, 3.8) is 0 Å². The maximum Gasteiger partial charge on any atom is 0.319 e. The van der Waals surface area contributed by atoms with Crippen molar-refractivity contribution >= 4 is 0 Å². The highest BCUT2D eigenvalue weighted by Gasteiger charge is 2.40. The minimum atomic E-state index is -3.98. The molecule has 1 aliphatic heterocycles. The third kappa shape index (κ3) is 3.45. The largest absolute Gasteiger partial charge is 0.319 e. The Balaban J connectivity index is 1.97. The Labute approximate surface area is 109 Å². The van der Waals surface area contributed by atoms with Gasteiger partial charge in [0, 0.05) is 13.1 Å². The summed E-state index contributed by atoms with van der Waals surface area (Å²) in [7, 11) is 0.